The molecule has 0 saturated heterocycles. The summed E-state index contributed by atoms with van der Waals surface area (Å²) in [7, 11) is 0. The molecular formula is C32H36O10. The molecule has 10 nitrogen and oxygen atoms in total. The Morgan fingerprint density at radius 1 is 0.762 bits per heavy atom. The van der Waals surface area contributed by atoms with Gasteiger partial charge in [-0.15, -0.1) is 0 Å². The standard InChI is InChI=1S/C32H36O10/c1-3-29(33)39-21-20-38-25-12-10-24(11-13-25)32(36)42-28-16-14-26(15-17-28)37-18-7-19-40-31(35)23(2)22-30(34)41-27-8-5-4-6-9-27/h3,10-17,27H,1-2,4-9,18-22H2. The maximum Gasteiger partial charge on any atom is 0.343 e. The molecule has 1 saturated carbocycles. The minimum atomic E-state index is -0.629. The van der Waals surface area contributed by atoms with E-state index in [0.717, 1.165) is 38.2 Å². The molecule has 0 atom stereocenters. The molecule has 224 valence electrons. The Hall–Kier alpha value is -4.60. The third-order valence-corrected chi connectivity index (χ3v) is 6.17. The van der Waals surface area contributed by atoms with Crippen LogP contribution in [0.15, 0.2) is 73.3 Å². The number of esters is 4. The molecule has 0 aromatic heterocycles. The summed E-state index contributed by atoms with van der Waals surface area (Å²) in [5.41, 5.74) is 0.397. The Bertz CT molecular complexity index is 1210. The molecular weight excluding hydrogens is 544 g/mol. The van der Waals surface area contributed by atoms with Crippen LogP contribution in [0.25, 0.3) is 0 Å². The first kappa shape index (κ1) is 31.9. The van der Waals surface area contributed by atoms with Crippen molar-refractivity contribution in [1.29, 1.82) is 0 Å². The van der Waals surface area contributed by atoms with E-state index >= 15 is 0 Å². The minimum Gasteiger partial charge on any atom is -0.493 e. The van der Waals surface area contributed by atoms with Crippen LogP contribution in [-0.4, -0.2) is 56.4 Å². The van der Waals surface area contributed by atoms with Crippen molar-refractivity contribution in [2.75, 3.05) is 26.4 Å². The average Bonchev–Trinajstić information content (AvgIpc) is 3.00. The summed E-state index contributed by atoms with van der Waals surface area (Å²) in [6.07, 6.45) is 6.24. The maximum atomic E-state index is 12.4. The van der Waals surface area contributed by atoms with E-state index < -0.39 is 23.9 Å². The van der Waals surface area contributed by atoms with Gasteiger partial charge in [0.2, 0.25) is 0 Å². The smallest absolute Gasteiger partial charge is 0.343 e. The molecule has 0 aliphatic heterocycles. The lowest BCUT2D eigenvalue weighted by Crippen LogP contribution is -2.22. The Morgan fingerprint density at radius 3 is 2.05 bits per heavy atom. The van der Waals surface area contributed by atoms with E-state index in [-0.39, 0.29) is 44.5 Å². The number of rotatable bonds is 16. The van der Waals surface area contributed by atoms with E-state index in [1.807, 2.05) is 0 Å². The third kappa shape index (κ3) is 11.5. The second-order valence-electron chi connectivity index (χ2n) is 9.47. The lowest BCUT2D eigenvalue weighted by atomic mass is 9.98. The number of hydrogen-bond donors (Lipinski definition) is 0. The van der Waals surface area contributed by atoms with Gasteiger partial charge in [0.05, 0.1) is 25.2 Å². The summed E-state index contributed by atoms with van der Waals surface area (Å²) in [6.45, 7) is 7.59. The highest BCUT2D eigenvalue weighted by Crippen LogP contribution is 2.22. The van der Waals surface area contributed by atoms with Crippen molar-refractivity contribution in [2.45, 2.75) is 51.0 Å². The highest BCUT2D eigenvalue weighted by atomic mass is 16.6. The quantitative estimate of drug-likeness (QED) is 0.0866. The van der Waals surface area contributed by atoms with Crippen LogP contribution in [0.5, 0.6) is 17.2 Å². The fourth-order valence-electron chi connectivity index (χ4n) is 3.99. The van der Waals surface area contributed by atoms with Gasteiger partial charge in [0.1, 0.15) is 36.6 Å². The van der Waals surface area contributed by atoms with Crippen LogP contribution in [0.3, 0.4) is 0 Å². The Balaban J connectivity index is 1.29. The van der Waals surface area contributed by atoms with Crippen molar-refractivity contribution in [2.24, 2.45) is 0 Å². The van der Waals surface area contributed by atoms with E-state index in [1.54, 1.807) is 48.5 Å². The second-order valence-corrected chi connectivity index (χ2v) is 9.47. The Labute approximate surface area is 245 Å². The second kappa shape index (κ2) is 17.3. The lowest BCUT2D eigenvalue weighted by Gasteiger charge is -2.21. The molecule has 0 bridgehead atoms. The molecule has 1 aliphatic rings. The summed E-state index contributed by atoms with van der Waals surface area (Å²) in [5, 5.41) is 0. The minimum absolute atomic E-state index is 0.0647. The van der Waals surface area contributed by atoms with E-state index in [1.165, 1.54) is 0 Å². The fourth-order valence-corrected chi connectivity index (χ4v) is 3.99. The van der Waals surface area contributed by atoms with Crippen molar-refractivity contribution in [3.8, 4) is 17.2 Å². The van der Waals surface area contributed by atoms with Gasteiger partial charge in [0, 0.05) is 18.1 Å². The topological polar surface area (TPSA) is 124 Å². The zero-order valence-corrected chi connectivity index (χ0v) is 23.5. The molecule has 2 aromatic carbocycles. The van der Waals surface area contributed by atoms with Crippen molar-refractivity contribution in [3.05, 3.63) is 78.9 Å². The van der Waals surface area contributed by atoms with Crippen LogP contribution in [0.4, 0.5) is 0 Å². The zero-order chi connectivity index (χ0) is 30.2. The van der Waals surface area contributed by atoms with E-state index in [9.17, 15) is 19.2 Å². The monoisotopic (exact) mass is 580 g/mol. The van der Waals surface area contributed by atoms with Gasteiger partial charge in [-0.05, 0) is 74.2 Å². The Morgan fingerprint density at radius 2 is 1.38 bits per heavy atom. The summed E-state index contributed by atoms with van der Waals surface area (Å²) < 4.78 is 31.9. The molecule has 1 fully saturated rings. The molecule has 1 aliphatic carbocycles. The molecule has 0 amide bonds. The molecule has 2 aromatic rings. The molecule has 3 rings (SSSR count). The fraction of sp³-hybridized carbons (Fsp3) is 0.375. The summed E-state index contributed by atoms with van der Waals surface area (Å²) >= 11 is 0. The number of ether oxygens (including phenoxy) is 6. The summed E-state index contributed by atoms with van der Waals surface area (Å²) in [5.74, 6) is -0.745. The SMILES string of the molecule is C=CC(=O)OCCOc1ccc(C(=O)Oc2ccc(OCCCOC(=O)C(=C)CC(=O)OC3CCCCC3)cc2)cc1. The van der Waals surface area contributed by atoms with E-state index in [0.29, 0.717) is 29.2 Å². The molecule has 0 radical (unpaired) electrons. The van der Waals surface area contributed by atoms with Crippen LogP contribution in [0.2, 0.25) is 0 Å². The predicted octanol–water partition coefficient (Wildman–Crippen LogP) is 5.15. The molecule has 0 unspecified atom stereocenters. The van der Waals surface area contributed by atoms with Crippen molar-refractivity contribution >= 4 is 23.9 Å². The van der Waals surface area contributed by atoms with Crippen molar-refractivity contribution in [1.82, 2.24) is 0 Å². The van der Waals surface area contributed by atoms with Crippen molar-refractivity contribution in [3.63, 3.8) is 0 Å². The van der Waals surface area contributed by atoms with Crippen molar-refractivity contribution < 1.29 is 47.6 Å². The van der Waals surface area contributed by atoms with Gasteiger partial charge in [-0.25, -0.2) is 14.4 Å². The van der Waals surface area contributed by atoms with E-state index in [4.69, 9.17) is 28.4 Å². The normalized spacial score (nSPS) is 12.9. The molecule has 0 heterocycles. The van der Waals surface area contributed by atoms with Crippen LogP contribution in [0, 0.1) is 0 Å². The first-order valence-corrected chi connectivity index (χ1v) is 13.9. The van der Waals surface area contributed by atoms with Gasteiger partial charge in [-0.3, -0.25) is 4.79 Å². The predicted molar refractivity (Wildman–Crippen MR) is 152 cm³/mol. The number of benzene rings is 2. The number of hydrogen-bond acceptors (Lipinski definition) is 10. The maximum absolute atomic E-state index is 12.4. The largest absolute Gasteiger partial charge is 0.493 e. The lowest BCUT2D eigenvalue weighted by molar-refractivity contribution is -0.151. The third-order valence-electron chi connectivity index (χ3n) is 6.17. The molecule has 0 N–H and O–H groups in total. The highest BCUT2D eigenvalue weighted by Gasteiger charge is 2.20. The first-order chi connectivity index (χ1) is 20.3. The Kier molecular flexibility index (Phi) is 13.1. The van der Waals surface area contributed by atoms with Gasteiger partial charge < -0.3 is 28.4 Å². The summed E-state index contributed by atoms with van der Waals surface area (Å²) in [6, 6.07) is 12.9. The van der Waals surface area contributed by atoms with Gasteiger partial charge in [0.15, 0.2) is 0 Å². The van der Waals surface area contributed by atoms with Gasteiger partial charge in [0.25, 0.3) is 0 Å². The molecule has 0 spiro atoms. The first-order valence-electron chi connectivity index (χ1n) is 13.9. The number of carbonyl (C=O) groups excluding carboxylic acids is 4. The molecule has 10 heteroatoms. The summed E-state index contributed by atoms with van der Waals surface area (Å²) in [4.78, 5) is 47.6. The zero-order valence-electron chi connectivity index (χ0n) is 23.5. The van der Waals surface area contributed by atoms with E-state index in [2.05, 4.69) is 13.2 Å². The number of carbonyl (C=O) groups is 4. The molecule has 42 heavy (non-hydrogen) atoms. The van der Waals surface area contributed by atoms with Gasteiger partial charge in [-0.2, -0.15) is 0 Å². The van der Waals surface area contributed by atoms with Crippen LogP contribution in [0.1, 0.15) is 55.3 Å². The average molecular weight is 581 g/mol. The van der Waals surface area contributed by atoms with Crippen LogP contribution < -0.4 is 14.2 Å². The van der Waals surface area contributed by atoms with Gasteiger partial charge >= 0.3 is 23.9 Å². The highest BCUT2D eigenvalue weighted by molar-refractivity contribution is 5.93. The van der Waals surface area contributed by atoms with Crippen LogP contribution in [-0.2, 0) is 28.6 Å². The van der Waals surface area contributed by atoms with Gasteiger partial charge in [-0.1, -0.05) is 19.6 Å². The van der Waals surface area contributed by atoms with Crippen LogP contribution >= 0.6 is 0 Å².